The lowest BCUT2D eigenvalue weighted by molar-refractivity contribution is 0.0717. The highest BCUT2D eigenvalue weighted by Crippen LogP contribution is 2.37. The average molecular weight is 355 g/mol. The van der Waals surface area contributed by atoms with E-state index in [4.69, 9.17) is 4.42 Å². The van der Waals surface area contributed by atoms with Gasteiger partial charge in [-0.05, 0) is 36.4 Å². The number of hydrogen-bond donors (Lipinski definition) is 1. The van der Waals surface area contributed by atoms with Crippen molar-refractivity contribution in [2.45, 2.75) is 31.8 Å². The number of nitrogens with zero attached hydrogens (tertiary/aromatic N) is 2. The monoisotopic (exact) mass is 355 g/mol. The molecule has 1 saturated carbocycles. The molecule has 0 radical (unpaired) electrons. The third kappa shape index (κ3) is 3.56. The van der Waals surface area contributed by atoms with Gasteiger partial charge in [-0.3, -0.25) is 9.59 Å². The molecule has 3 heterocycles. The normalized spacial score (nSPS) is 13.8. The molecule has 0 spiro atoms. The van der Waals surface area contributed by atoms with Gasteiger partial charge >= 0.3 is 0 Å². The van der Waals surface area contributed by atoms with E-state index in [1.54, 1.807) is 28.6 Å². The summed E-state index contributed by atoms with van der Waals surface area (Å²) in [7, 11) is 0. The molecule has 1 N–H and O–H groups in total. The lowest BCUT2D eigenvalue weighted by atomic mass is 10.2. The molecule has 0 bridgehead atoms. The molecule has 25 heavy (non-hydrogen) atoms. The summed E-state index contributed by atoms with van der Waals surface area (Å²) in [6.45, 7) is 0.717. The number of thiophene rings is 1. The van der Waals surface area contributed by atoms with Crippen LogP contribution in [0.15, 0.2) is 51.3 Å². The van der Waals surface area contributed by atoms with Crippen LogP contribution in [0.3, 0.4) is 0 Å². The third-order valence-corrected chi connectivity index (χ3v) is 5.02. The number of rotatable bonds is 6. The number of hydrogen-bond acceptors (Lipinski definition) is 5. The Kier molecular flexibility index (Phi) is 4.23. The van der Waals surface area contributed by atoms with Gasteiger partial charge in [0.05, 0.1) is 19.4 Å². The van der Waals surface area contributed by atoms with Gasteiger partial charge in [0.25, 0.3) is 11.5 Å². The molecule has 128 valence electrons. The van der Waals surface area contributed by atoms with Gasteiger partial charge in [0.1, 0.15) is 17.1 Å². The molecule has 4 rings (SSSR count). The second-order valence-corrected chi connectivity index (χ2v) is 7.14. The summed E-state index contributed by atoms with van der Waals surface area (Å²) in [5, 5.41) is 1.96. The summed E-state index contributed by atoms with van der Waals surface area (Å²) in [6, 6.07) is 7.50. The number of aromatic amines is 1. The van der Waals surface area contributed by atoms with Crippen LogP contribution in [-0.2, 0) is 13.1 Å². The van der Waals surface area contributed by atoms with Crippen molar-refractivity contribution in [1.29, 1.82) is 0 Å². The van der Waals surface area contributed by atoms with Gasteiger partial charge in [-0.25, -0.2) is 4.98 Å². The molecule has 0 unspecified atom stereocenters. The molecule has 0 aliphatic heterocycles. The van der Waals surface area contributed by atoms with Crippen LogP contribution in [0.5, 0.6) is 0 Å². The van der Waals surface area contributed by atoms with Crippen molar-refractivity contribution in [3.63, 3.8) is 0 Å². The zero-order valence-electron chi connectivity index (χ0n) is 13.5. The van der Waals surface area contributed by atoms with Gasteiger partial charge in [0.2, 0.25) is 0 Å². The highest BCUT2D eigenvalue weighted by Gasteiger charge is 2.28. The Balaban J connectivity index is 1.61. The van der Waals surface area contributed by atoms with Crippen LogP contribution in [0.25, 0.3) is 0 Å². The predicted octanol–water partition coefficient (Wildman–Crippen LogP) is 3.14. The summed E-state index contributed by atoms with van der Waals surface area (Å²) < 4.78 is 5.37. The molecule has 1 aliphatic rings. The minimum Gasteiger partial charge on any atom is -0.467 e. The maximum atomic E-state index is 12.9. The fraction of sp³-hybridized carbons (Fsp3) is 0.278. The molecule has 7 heteroatoms. The van der Waals surface area contributed by atoms with Crippen molar-refractivity contribution in [2.75, 3.05) is 0 Å². The molecule has 1 aliphatic carbocycles. The maximum absolute atomic E-state index is 12.9. The van der Waals surface area contributed by atoms with Crippen LogP contribution in [0.1, 0.15) is 45.6 Å². The van der Waals surface area contributed by atoms with Crippen LogP contribution in [0, 0.1) is 0 Å². The quantitative estimate of drug-likeness (QED) is 0.737. The number of furan rings is 1. The lowest BCUT2D eigenvalue weighted by Crippen LogP contribution is -2.34. The van der Waals surface area contributed by atoms with Crippen LogP contribution >= 0.6 is 11.3 Å². The Bertz CT molecular complexity index is 875. The highest BCUT2D eigenvalue weighted by atomic mass is 32.1. The predicted molar refractivity (Wildman–Crippen MR) is 93.4 cm³/mol. The molecule has 0 atom stereocenters. The van der Waals surface area contributed by atoms with E-state index in [-0.39, 0.29) is 17.0 Å². The largest absolute Gasteiger partial charge is 0.467 e. The summed E-state index contributed by atoms with van der Waals surface area (Å²) in [6.07, 6.45) is 5.05. The van der Waals surface area contributed by atoms with Crippen molar-refractivity contribution >= 4 is 17.2 Å². The van der Waals surface area contributed by atoms with E-state index < -0.39 is 0 Å². The second-order valence-electron chi connectivity index (χ2n) is 6.11. The van der Waals surface area contributed by atoms with E-state index in [2.05, 4.69) is 9.97 Å². The van der Waals surface area contributed by atoms with E-state index in [1.807, 2.05) is 23.6 Å². The van der Waals surface area contributed by atoms with Gasteiger partial charge in [-0.15, -0.1) is 11.3 Å². The minimum atomic E-state index is -0.377. The number of carbonyl (C=O) groups is 1. The van der Waals surface area contributed by atoms with Crippen LogP contribution < -0.4 is 5.56 Å². The van der Waals surface area contributed by atoms with Crippen LogP contribution in [-0.4, -0.2) is 20.8 Å². The minimum absolute atomic E-state index is 0.0625. The molecule has 3 aromatic rings. The lowest BCUT2D eigenvalue weighted by Gasteiger charge is -2.20. The van der Waals surface area contributed by atoms with E-state index in [0.29, 0.717) is 30.6 Å². The van der Waals surface area contributed by atoms with Crippen LogP contribution in [0.4, 0.5) is 0 Å². The molecule has 6 nitrogen and oxygen atoms in total. The highest BCUT2D eigenvalue weighted by molar-refractivity contribution is 7.09. The van der Waals surface area contributed by atoms with E-state index >= 15 is 0 Å². The number of H-pyrrole nitrogens is 1. The molecular weight excluding hydrogens is 338 g/mol. The van der Waals surface area contributed by atoms with Gasteiger partial charge in [0, 0.05) is 17.0 Å². The molecule has 0 aromatic carbocycles. The molecule has 1 amide bonds. The van der Waals surface area contributed by atoms with Crippen molar-refractivity contribution in [3.8, 4) is 0 Å². The number of amides is 1. The van der Waals surface area contributed by atoms with E-state index in [9.17, 15) is 9.59 Å². The first-order chi connectivity index (χ1) is 12.2. The molecule has 3 aromatic heterocycles. The van der Waals surface area contributed by atoms with Crippen molar-refractivity contribution < 1.29 is 9.21 Å². The zero-order valence-corrected chi connectivity index (χ0v) is 14.3. The van der Waals surface area contributed by atoms with Crippen molar-refractivity contribution in [3.05, 3.63) is 74.5 Å². The first kappa shape index (κ1) is 15.8. The average Bonchev–Trinajstić information content (AvgIpc) is 3.09. The van der Waals surface area contributed by atoms with Gasteiger partial charge in [-0.2, -0.15) is 0 Å². The zero-order chi connectivity index (χ0) is 17.2. The molecular formula is C18H17N3O3S. The summed E-state index contributed by atoms with van der Waals surface area (Å²) >= 11 is 1.57. The Morgan fingerprint density at radius 1 is 1.32 bits per heavy atom. The Morgan fingerprint density at radius 2 is 2.20 bits per heavy atom. The Hall–Kier alpha value is -2.67. The van der Waals surface area contributed by atoms with Gasteiger partial charge < -0.3 is 14.3 Å². The van der Waals surface area contributed by atoms with Crippen LogP contribution in [0.2, 0.25) is 0 Å². The second kappa shape index (κ2) is 6.68. The first-order valence-corrected chi connectivity index (χ1v) is 9.02. The molecule has 0 saturated heterocycles. The number of aromatic nitrogens is 2. The Labute approximate surface area is 148 Å². The third-order valence-electron chi connectivity index (χ3n) is 4.15. The van der Waals surface area contributed by atoms with Gasteiger partial charge in [-0.1, -0.05) is 6.07 Å². The fourth-order valence-electron chi connectivity index (χ4n) is 2.68. The number of carbonyl (C=O) groups excluding carboxylic acids is 1. The number of nitrogens with one attached hydrogen (secondary N) is 1. The van der Waals surface area contributed by atoms with E-state index in [1.165, 1.54) is 6.20 Å². The summed E-state index contributed by atoms with van der Waals surface area (Å²) in [5.41, 5.74) is -0.315. The Morgan fingerprint density at radius 3 is 2.84 bits per heavy atom. The standard InChI is InChI=1S/C18H17N3O3S/c22-17-15(9-19-16(20-17)12-5-6-12)18(23)21(10-13-3-1-7-24-13)11-14-4-2-8-25-14/h1-4,7-9,12H,5-6,10-11H2,(H,19,20,22). The van der Waals surface area contributed by atoms with E-state index in [0.717, 1.165) is 17.7 Å². The van der Waals surface area contributed by atoms with Gasteiger partial charge in [0.15, 0.2) is 0 Å². The summed E-state index contributed by atoms with van der Waals surface area (Å²) in [5.74, 6) is 1.34. The first-order valence-electron chi connectivity index (χ1n) is 8.14. The SMILES string of the molecule is O=C(c1cnc(C2CC2)[nH]c1=O)N(Cc1ccco1)Cc1cccs1. The molecule has 1 fully saturated rings. The maximum Gasteiger partial charge on any atom is 0.263 e. The van der Waals surface area contributed by atoms with Crippen molar-refractivity contribution in [2.24, 2.45) is 0 Å². The smallest absolute Gasteiger partial charge is 0.263 e. The topological polar surface area (TPSA) is 79.2 Å². The fourth-order valence-corrected chi connectivity index (χ4v) is 3.40. The summed E-state index contributed by atoms with van der Waals surface area (Å²) in [4.78, 5) is 35.0. The van der Waals surface area contributed by atoms with Crippen molar-refractivity contribution in [1.82, 2.24) is 14.9 Å².